The van der Waals surface area contributed by atoms with Gasteiger partial charge >= 0.3 is 0 Å². The normalized spacial score (nSPS) is 17.4. The summed E-state index contributed by atoms with van der Waals surface area (Å²) in [7, 11) is 0. The van der Waals surface area contributed by atoms with E-state index in [0.717, 1.165) is 38.0 Å². The highest BCUT2D eigenvalue weighted by Gasteiger charge is 2.27. The van der Waals surface area contributed by atoms with Gasteiger partial charge in [-0.15, -0.1) is 10.2 Å². The Morgan fingerprint density at radius 3 is 2.96 bits per heavy atom. The van der Waals surface area contributed by atoms with E-state index in [1.165, 1.54) is 11.3 Å². The van der Waals surface area contributed by atoms with Crippen molar-refractivity contribution in [3.05, 3.63) is 59.9 Å². The molecule has 0 unspecified atom stereocenters. The van der Waals surface area contributed by atoms with E-state index in [-0.39, 0.29) is 5.91 Å². The van der Waals surface area contributed by atoms with Gasteiger partial charge in [-0.05, 0) is 43.0 Å². The summed E-state index contributed by atoms with van der Waals surface area (Å²) in [4.78, 5) is 15.0. The van der Waals surface area contributed by atoms with Gasteiger partial charge in [-0.25, -0.2) is 0 Å². The van der Waals surface area contributed by atoms with E-state index in [0.29, 0.717) is 11.5 Å². The summed E-state index contributed by atoms with van der Waals surface area (Å²) in [6.45, 7) is 3.66. The maximum absolute atomic E-state index is 13.1. The van der Waals surface area contributed by atoms with E-state index in [9.17, 15) is 4.79 Å². The van der Waals surface area contributed by atoms with Gasteiger partial charge in [0.25, 0.3) is 5.91 Å². The van der Waals surface area contributed by atoms with Crippen molar-refractivity contribution in [3.63, 3.8) is 0 Å². The second-order valence-corrected chi connectivity index (χ2v) is 6.67. The Morgan fingerprint density at radius 2 is 2.15 bits per heavy atom. The van der Waals surface area contributed by atoms with Crippen molar-refractivity contribution < 1.29 is 4.79 Å². The number of piperidine rings is 1. The van der Waals surface area contributed by atoms with Crippen LogP contribution in [0.4, 0.5) is 0 Å². The molecule has 134 valence electrons. The van der Waals surface area contributed by atoms with E-state index in [4.69, 9.17) is 0 Å². The van der Waals surface area contributed by atoms with Crippen LogP contribution >= 0.6 is 0 Å². The van der Waals surface area contributed by atoms with Crippen molar-refractivity contribution in [3.8, 4) is 5.69 Å². The predicted octanol–water partition coefficient (Wildman–Crippen LogP) is 2.57. The van der Waals surface area contributed by atoms with Crippen LogP contribution in [0.5, 0.6) is 0 Å². The third-order valence-corrected chi connectivity index (χ3v) is 5.06. The van der Waals surface area contributed by atoms with E-state index in [2.05, 4.69) is 27.3 Å². The fourth-order valence-electron chi connectivity index (χ4n) is 3.67. The highest BCUT2D eigenvalue weighted by atomic mass is 16.2. The van der Waals surface area contributed by atoms with Crippen LogP contribution in [0, 0.1) is 0 Å². The molecule has 7 nitrogen and oxygen atoms in total. The number of hydrogen-bond donors (Lipinski definition) is 1. The molecule has 1 atom stereocenters. The molecular weight excluding hydrogens is 328 g/mol. The van der Waals surface area contributed by atoms with Crippen LogP contribution in [-0.2, 0) is 6.42 Å². The lowest BCUT2D eigenvalue weighted by Crippen LogP contribution is -2.39. The third-order valence-electron chi connectivity index (χ3n) is 5.06. The van der Waals surface area contributed by atoms with Crippen molar-refractivity contribution in [2.75, 3.05) is 13.1 Å². The molecule has 1 amide bonds. The number of H-pyrrole nitrogens is 1. The number of aryl methyl sites for hydroxylation is 1. The standard InChI is InChI=1S/C19H22N6O/c1-2-14-10-20-23-18(14)16-6-4-8-24(11-16)19(26)15-5-3-7-17(9-15)25-12-21-22-13-25/h3,5,7,9-10,12-13,16H,2,4,6,8,11H2,1H3,(H,20,23)/t16-/m1/s1. The molecule has 0 spiro atoms. The second kappa shape index (κ2) is 7.11. The third kappa shape index (κ3) is 3.12. The molecule has 3 heterocycles. The summed E-state index contributed by atoms with van der Waals surface area (Å²) in [5.41, 5.74) is 4.01. The average Bonchev–Trinajstić information content (AvgIpc) is 3.39. The van der Waals surface area contributed by atoms with E-state index in [1.807, 2.05) is 35.4 Å². The first kappa shape index (κ1) is 16.5. The molecule has 26 heavy (non-hydrogen) atoms. The van der Waals surface area contributed by atoms with Crippen molar-refractivity contribution in [2.24, 2.45) is 0 Å². The quantitative estimate of drug-likeness (QED) is 0.784. The van der Waals surface area contributed by atoms with Crippen LogP contribution < -0.4 is 0 Å². The lowest BCUT2D eigenvalue weighted by Gasteiger charge is -2.33. The molecule has 0 saturated carbocycles. The van der Waals surface area contributed by atoms with Crippen LogP contribution in [0.3, 0.4) is 0 Å². The minimum Gasteiger partial charge on any atom is -0.338 e. The number of aromatic amines is 1. The van der Waals surface area contributed by atoms with Gasteiger partial charge in [0.05, 0.1) is 6.20 Å². The summed E-state index contributed by atoms with van der Waals surface area (Å²) >= 11 is 0. The zero-order chi connectivity index (χ0) is 17.9. The molecule has 3 aromatic rings. The minimum absolute atomic E-state index is 0.0715. The number of nitrogens with zero attached hydrogens (tertiary/aromatic N) is 5. The molecule has 4 rings (SSSR count). The number of carbonyl (C=O) groups excluding carboxylic acids is 1. The van der Waals surface area contributed by atoms with Crippen molar-refractivity contribution in [1.82, 2.24) is 29.9 Å². The molecule has 1 aliphatic rings. The zero-order valence-electron chi connectivity index (χ0n) is 14.8. The first-order valence-corrected chi connectivity index (χ1v) is 9.02. The number of nitrogens with one attached hydrogen (secondary N) is 1. The topological polar surface area (TPSA) is 79.7 Å². The van der Waals surface area contributed by atoms with Gasteiger partial charge in [0.2, 0.25) is 0 Å². The number of rotatable bonds is 4. The SMILES string of the molecule is CCc1cn[nH]c1[C@@H]1CCCN(C(=O)c2cccc(-n3cnnc3)c2)C1. The Hall–Kier alpha value is -2.96. The summed E-state index contributed by atoms with van der Waals surface area (Å²) in [6.07, 6.45) is 8.20. The van der Waals surface area contributed by atoms with Gasteiger partial charge in [-0.1, -0.05) is 13.0 Å². The zero-order valence-corrected chi connectivity index (χ0v) is 14.8. The van der Waals surface area contributed by atoms with Crippen molar-refractivity contribution in [2.45, 2.75) is 32.1 Å². The largest absolute Gasteiger partial charge is 0.338 e. The van der Waals surface area contributed by atoms with Crippen LogP contribution in [0.15, 0.2) is 43.1 Å². The summed E-state index contributed by atoms with van der Waals surface area (Å²) in [5.74, 6) is 0.397. The molecule has 0 bridgehead atoms. The molecule has 2 aromatic heterocycles. The Kier molecular flexibility index (Phi) is 4.51. The van der Waals surface area contributed by atoms with Crippen LogP contribution in [0.1, 0.15) is 47.3 Å². The van der Waals surface area contributed by atoms with Gasteiger partial charge in [-0.3, -0.25) is 14.5 Å². The fraction of sp³-hybridized carbons (Fsp3) is 0.368. The Balaban J connectivity index is 1.54. The van der Waals surface area contributed by atoms with Gasteiger partial charge in [0.15, 0.2) is 0 Å². The Morgan fingerprint density at radius 1 is 1.31 bits per heavy atom. The number of likely N-dealkylation sites (tertiary alicyclic amines) is 1. The van der Waals surface area contributed by atoms with Crippen LogP contribution in [0.25, 0.3) is 5.69 Å². The van der Waals surface area contributed by atoms with E-state index < -0.39 is 0 Å². The molecule has 1 N–H and O–H groups in total. The Bertz CT molecular complexity index is 885. The minimum atomic E-state index is 0.0715. The summed E-state index contributed by atoms with van der Waals surface area (Å²) < 4.78 is 1.80. The lowest BCUT2D eigenvalue weighted by molar-refractivity contribution is 0.0705. The molecule has 1 fully saturated rings. The number of amides is 1. The van der Waals surface area contributed by atoms with E-state index in [1.54, 1.807) is 17.2 Å². The lowest BCUT2D eigenvalue weighted by atomic mass is 9.91. The molecule has 1 aliphatic heterocycles. The molecule has 0 aliphatic carbocycles. The molecule has 7 heteroatoms. The number of benzene rings is 1. The maximum atomic E-state index is 13.1. The molecule has 0 radical (unpaired) electrons. The first-order chi connectivity index (χ1) is 12.8. The summed E-state index contributed by atoms with van der Waals surface area (Å²) in [6, 6.07) is 7.60. The number of aromatic nitrogens is 5. The first-order valence-electron chi connectivity index (χ1n) is 9.02. The van der Waals surface area contributed by atoms with Crippen molar-refractivity contribution >= 4 is 5.91 Å². The smallest absolute Gasteiger partial charge is 0.253 e. The van der Waals surface area contributed by atoms with Crippen molar-refractivity contribution in [1.29, 1.82) is 0 Å². The van der Waals surface area contributed by atoms with Crippen LogP contribution in [-0.4, -0.2) is 48.9 Å². The monoisotopic (exact) mass is 350 g/mol. The number of carbonyl (C=O) groups is 1. The maximum Gasteiger partial charge on any atom is 0.253 e. The second-order valence-electron chi connectivity index (χ2n) is 6.67. The molecule has 1 saturated heterocycles. The predicted molar refractivity (Wildman–Crippen MR) is 97.2 cm³/mol. The van der Waals surface area contributed by atoms with Gasteiger partial charge in [0, 0.05) is 36.0 Å². The van der Waals surface area contributed by atoms with Gasteiger partial charge < -0.3 is 4.90 Å². The highest BCUT2D eigenvalue weighted by molar-refractivity contribution is 5.94. The fourth-order valence-corrected chi connectivity index (χ4v) is 3.67. The average molecular weight is 350 g/mol. The van der Waals surface area contributed by atoms with E-state index >= 15 is 0 Å². The molecule has 1 aromatic carbocycles. The summed E-state index contributed by atoms with van der Waals surface area (Å²) in [5, 5.41) is 15.0. The Labute approximate surface area is 152 Å². The van der Waals surface area contributed by atoms with Crippen LogP contribution in [0.2, 0.25) is 0 Å². The van der Waals surface area contributed by atoms with Gasteiger partial charge in [-0.2, -0.15) is 5.10 Å². The highest BCUT2D eigenvalue weighted by Crippen LogP contribution is 2.29. The van der Waals surface area contributed by atoms with Gasteiger partial charge in [0.1, 0.15) is 12.7 Å². The molecular formula is C19H22N6O. The number of hydrogen-bond acceptors (Lipinski definition) is 4.